The highest BCUT2D eigenvalue weighted by atomic mass is 32.2. The number of amides is 1. The van der Waals surface area contributed by atoms with Crippen LogP contribution < -0.4 is 5.73 Å². The van der Waals surface area contributed by atoms with E-state index in [0.717, 1.165) is 0 Å². The molecule has 8 nitrogen and oxygen atoms in total. The molecule has 2 rings (SSSR count). The molecule has 1 atom stereocenters. The Bertz CT molecular complexity index is 701. The second kappa shape index (κ2) is 5.32. The molecule has 0 spiro atoms. The molecule has 0 aromatic heterocycles. The summed E-state index contributed by atoms with van der Waals surface area (Å²) >= 11 is 0. The van der Waals surface area contributed by atoms with Crippen molar-refractivity contribution in [3.63, 3.8) is 0 Å². The van der Waals surface area contributed by atoms with Crippen molar-refractivity contribution in [1.29, 1.82) is 0 Å². The Morgan fingerprint density at radius 3 is 2.67 bits per heavy atom. The molecule has 0 saturated carbocycles. The summed E-state index contributed by atoms with van der Waals surface area (Å²) in [6.07, 6.45) is 0.334. The summed E-state index contributed by atoms with van der Waals surface area (Å²) < 4.78 is 22.9. The quantitative estimate of drug-likeness (QED) is 0.490. The van der Waals surface area contributed by atoms with Crippen molar-refractivity contribution in [2.45, 2.75) is 12.5 Å². The van der Waals surface area contributed by atoms with Crippen LogP contribution >= 0.6 is 0 Å². The van der Waals surface area contributed by atoms with E-state index >= 15 is 0 Å². The van der Waals surface area contributed by atoms with Gasteiger partial charge < -0.3 is 10.6 Å². The average Bonchev–Trinajstić information content (AvgIpc) is 2.77. The zero-order chi connectivity index (χ0) is 15.8. The summed E-state index contributed by atoms with van der Waals surface area (Å²) in [4.78, 5) is 24.0. The molecular formula is C12H15N3O5S. The lowest BCUT2D eigenvalue weighted by atomic mass is 10.1. The number of anilines is 1. The van der Waals surface area contributed by atoms with Crippen LogP contribution in [-0.2, 0) is 9.84 Å². The van der Waals surface area contributed by atoms with Crippen molar-refractivity contribution >= 4 is 27.1 Å². The first kappa shape index (κ1) is 15.2. The van der Waals surface area contributed by atoms with E-state index in [9.17, 15) is 23.3 Å². The Balaban J connectivity index is 2.32. The summed E-state index contributed by atoms with van der Waals surface area (Å²) in [5, 5.41) is 11.0. The van der Waals surface area contributed by atoms with Crippen LogP contribution in [0.15, 0.2) is 18.2 Å². The summed E-state index contributed by atoms with van der Waals surface area (Å²) in [7, 11) is -1.70. The maximum absolute atomic E-state index is 12.4. The number of nitrogens with two attached hydrogens (primary N) is 1. The number of rotatable bonds is 3. The molecule has 0 radical (unpaired) electrons. The second-order valence-corrected chi connectivity index (χ2v) is 7.24. The number of nitrogens with zero attached hydrogens (tertiary/aromatic N) is 2. The van der Waals surface area contributed by atoms with Crippen molar-refractivity contribution < 1.29 is 18.1 Å². The molecule has 114 valence electrons. The zero-order valence-corrected chi connectivity index (χ0v) is 12.2. The fraction of sp³-hybridized carbons (Fsp3) is 0.417. The van der Waals surface area contributed by atoms with E-state index in [1.807, 2.05) is 0 Å². The lowest BCUT2D eigenvalue weighted by Crippen LogP contribution is -2.38. The average molecular weight is 313 g/mol. The van der Waals surface area contributed by atoms with Crippen molar-refractivity contribution in [3.05, 3.63) is 33.9 Å². The number of hydrogen-bond donors (Lipinski definition) is 1. The number of nitro groups is 1. The zero-order valence-electron chi connectivity index (χ0n) is 11.4. The van der Waals surface area contributed by atoms with Crippen LogP contribution in [0.5, 0.6) is 0 Å². The molecule has 2 N–H and O–H groups in total. The molecule has 21 heavy (non-hydrogen) atoms. The number of nitro benzene ring substituents is 1. The Hall–Kier alpha value is -2.16. The maximum atomic E-state index is 12.4. The van der Waals surface area contributed by atoms with Gasteiger partial charge in [0.2, 0.25) is 0 Å². The van der Waals surface area contributed by atoms with Crippen LogP contribution in [0.1, 0.15) is 16.8 Å². The van der Waals surface area contributed by atoms with E-state index in [4.69, 9.17) is 5.73 Å². The Morgan fingerprint density at radius 1 is 1.48 bits per heavy atom. The van der Waals surface area contributed by atoms with Crippen molar-refractivity contribution in [1.82, 2.24) is 4.90 Å². The third-order valence-corrected chi connectivity index (χ3v) is 5.27. The normalized spacial score (nSPS) is 20.1. The third-order valence-electron chi connectivity index (χ3n) is 3.52. The van der Waals surface area contributed by atoms with Gasteiger partial charge in [0, 0.05) is 24.8 Å². The van der Waals surface area contributed by atoms with Gasteiger partial charge in [-0.15, -0.1) is 0 Å². The number of benzene rings is 1. The van der Waals surface area contributed by atoms with Gasteiger partial charge in [-0.25, -0.2) is 8.42 Å². The minimum atomic E-state index is -3.14. The van der Waals surface area contributed by atoms with E-state index in [0.29, 0.717) is 6.42 Å². The van der Waals surface area contributed by atoms with Crippen LogP contribution in [-0.4, -0.2) is 48.7 Å². The first-order valence-electron chi connectivity index (χ1n) is 6.23. The highest BCUT2D eigenvalue weighted by molar-refractivity contribution is 7.91. The maximum Gasteiger partial charge on any atom is 0.282 e. The Kier molecular flexibility index (Phi) is 3.86. The monoisotopic (exact) mass is 313 g/mol. The smallest absolute Gasteiger partial charge is 0.282 e. The van der Waals surface area contributed by atoms with Crippen LogP contribution in [0.3, 0.4) is 0 Å². The fourth-order valence-corrected chi connectivity index (χ4v) is 4.10. The van der Waals surface area contributed by atoms with E-state index in [-0.39, 0.29) is 28.4 Å². The minimum absolute atomic E-state index is 0.0221. The summed E-state index contributed by atoms with van der Waals surface area (Å²) in [6, 6.07) is 3.28. The van der Waals surface area contributed by atoms with Gasteiger partial charge in [-0.1, -0.05) is 0 Å². The molecule has 1 aromatic carbocycles. The molecule has 1 fully saturated rings. The van der Waals surface area contributed by atoms with E-state index in [1.54, 1.807) is 0 Å². The highest BCUT2D eigenvalue weighted by Gasteiger charge is 2.34. The molecule has 1 heterocycles. The highest BCUT2D eigenvalue weighted by Crippen LogP contribution is 2.25. The van der Waals surface area contributed by atoms with Gasteiger partial charge in [0.05, 0.1) is 16.4 Å². The van der Waals surface area contributed by atoms with Crippen molar-refractivity contribution in [2.24, 2.45) is 0 Å². The molecule has 1 unspecified atom stereocenters. The number of carbonyl (C=O) groups excluding carboxylic acids is 1. The lowest BCUT2D eigenvalue weighted by Gasteiger charge is -2.23. The molecule has 1 aliphatic heterocycles. The third kappa shape index (κ3) is 3.13. The predicted molar refractivity (Wildman–Crippen MR) is 76.7 cm³/mol. The molecule has 1 aromatic rings. The molecule has 0 aliphatic carbocycles. The van der Waals surface area contributed by atoms with Gasteiger partial charge in [-0.05, 0) is 18.6 Å². The first-order chi connectivity index (χ1) is 9.71. The number of sulfone groups is 1. The molecule has 0 bridgehead atoms. The van der Waals surface area contributed by atoms with E-state index in [1.165, 1.54) is 30.1 Å². The van der Waals surface area contributed by atoms with Gasteiger partial charge in [0.15, 0.2) is 9.84 Å². The number of nitrogen functional groups attached to an aromatic ring is 1. The van der Waals surface area contributed by atoms with Gasteiger partial charge in [0.1, 0.15) is 5.56 Å². The van der Waals surface area contributed by atoms with E-state index < -0.39 is 26.7 Å². The summed E-state index contributed by atoms with van der Waals surface area (Å²) in [5.74, 6) is -0.698. The largest absolute Gasteiger partial charge is 0.399 e. The van der Waals surface area contributed by atoms with Crippen LogP contribution in [0.25, 0.3) is 0 Å². The standard InChI is InChI=1S/C12H15N3O5S/c1-14(9-4-5-21(19,20)7-9)12(16)10-6-8(13)2-3-11(10)15(17)18/h2-3,6,9H,4-5,7,13H2,1H3. The van der Waals surface area contributed by atoms with Gasteiger partial charge in [-0.3, -0.25) is 14.9 Å². The molecular weight excluding hydrogens is 298 g/mol. The first-order valence-corrected chi connectivity index (χ1v) is 8.05. The van der Waals surface area contributed by atoms with Gasteiger partial charge in [0.25, 0.3) is 11.6 Å². The molecule has 1 saturated heterocycles. The van der Waals surface area contributed by atoms with Crippen molar-refractivity contribution in [3.8, 4) is 0 Å². The van der Waals surface area contributed by atoms with Gasteiger partial charge in [-0.2, -0.15) is 0 Å². The van der Waals surface area contributed by atoms with Crippen LogP contribution in [0.2, 0.25) is 0 Å². The fourth-order valence-electron chi connectivity index (χ4n) is 2.32. The Morgan fingerprint density at radius 2 is 2.14 bits per heavy atom. The van der Waals surface area contributed by atoms with Crippen molar-refractivity contribution in [2.75, 3.05) is 24.3 Å². The topological polar surface area (TPSA) is 124 Å². The summed E-state index contributed by atoms with van der Waals surface area (Å²) in [5.41, 5.74) is 5.33. The molecule has 9 heteroatoms. The summed E-state index contributed by atoms with van der Waals surface area (Å²) in [6.45, 7) is 0. The Labute approximate surface area is 121 Å². The predicted octanol–water partition coefficient (Wildman–Crippen LogP) is 0.436. The molecule has 1 amide bonds. The van der Waals surface area contributed by atoms with Crippen LogP contribution in [0, 0.1) is 10.1 Å². The van der Waals surface area contributed by atoms with E-state index in [2.05, 4.69) is 0 Å². The second-order valence-electron chi connectivity index (χ2n) is 5.01. The lowest BCUT2D eigenvalue weighted by molar-refractivity contribution is -0.385. The molecule has 1 aliphatic rings. The number of hydrogen-bond acceptors (Lipinski definition) is 6. The SMILES string of the molecule is CN(C(=O)c1cc(N)ccc1[N+](=O)[O-])C1CCS(=O)(=O)C1. The minimum Gasteiger partial charge on any atom is -0.399 e. The van der Waals surface area contributed by atoms with Crippen LogP contribution in [0.4, 0.5) is 11.4 Å². The van der Waals surface area contributed by atoms with Gasteiger partial charge >= 0.3 is 0 Å². The number of carbonyl (C=O) groups is 1.